The van der Waals surface area contributed by atoms with E-state index in [1.54, 1.807) is 7.11 Å². The topological polar surface area (TPSA) is 44.5 Å². The molecule has 0 fully saturated rings. The zero-order chi connectivity index (χ0) is 14.9. The molecule has 0 spiro atoms. The second-order valence-corrected chi connectivity index (χ2v) is 5.01. The van der Waals surface area contributed by atoms with E-state index in [0.717, 1.165) is 30.9 Å². The maximum absolute atomic E-state index is 5.90. The van der Waals surface area contributed by atoms with E-state index < -0.39 is 0 Å². The van der Waals surface area contributed by atoms with Crippen molar-refractivity contribution in [2.75, 3.05) is 20.3 Å². The Kier molecular flexibility index (Phi) is 6.10. The Morgan fingerprint density at radius 1 is 0.952 bits per heavy atom. The van der Waals surface area contributed by atoms with Gasteiger partial charge in [-0.15, -0.1) is 0 Å². The molecule has 1 atom stereocenters. The first-order chi connectivity index (χ1) is 10.3. The maximum atomic E-state index is 5.90. The zero-order valence-corrected chi connectivity index (χ0v) is 12.5. The summed E-state index contributed by atoms with van der Waals surface area (Å²) in [5.41, 5.74) is 7.16. The molecule has 0 saturated heterocycles. The number of methoxy groups -OCH3 is 1. The Morgan fingerprint density at radius 3 is 2.29 bits per heavy atom. The van der Waals surface area contributed by atoms with Crippen molar-refractivity contribution in [2.24, 2.45) is 5.73 Å². The molecule has 21 heavy (non-hydrogen) atoms. The third kappa shape index (κ3) is 4.80. The lowest BCUT2D eigenvalue weighted by atomic mass is 9.94. The highest BCUT2D eigenvalue weighted by atomic mass is 16.5. The molecule has 2 N–H and O–H groups in total. The number of para-hydroxylation sites is 1. The zero-order valence-electron chi connectivity index (χ0n) is 12.5. The standard InChI is InChI=1S/C18H23NO2/c1-20-17-11-9-15(10-12-17)16(14-19)6-5-13-21-18-7-3-2-4-8-18/h2-4,7-12,16H,5-6,13-14,19H2,1H3. The minimum absolute atomic E-state index is 0.371. The molecule has 0 heterocycles. The average molecular weight is 285 g/mol. The normalized spacial score (nSPS) is 11.9. The van der Waals surface area contributed by atoms with E-state index in [0.29, 0.717) is 12.5 Å². The van der Waals surface area contributed by atoms with Crippen LogP contribution in [0.15, 0.2) is 54.6 Å². The van der Waals surface area contributed by atoms with Gasteiger partial charge >= 0.3 is 0 Å². The van der Waals surface area contributed by atoms with Crippen molar-refractivity contribution >= 4 is 0 Å². The second-order valence-electron chi connectivity index (χ2n) is 5.01. The van der Waals surface area contributed by atoms with Gasteiger partial charge in [-0.25, -0.2) is 0 Å². The van der Waals surface area contributed by atoms with Crippen molar-refractivity contribution in [2.45, 2.75) is 18.8 Å². The van der Waals surface area contributed by atoms with Crippen LogP contribution >= 0.6 is 0 Å². The molecule has 0 saturated carbocycles. The molecular weight excluding hydrogens is 262 g/mol. The van der Waals surface area contributed by atoms with E-state index in [4.69, 9.17) is 15.2 Å². The monoisotopic (exact) mass is 285 g/mol. The molecule has 1 unspecified atom stereocenters. The maximum Gasteiger partial charge on any atom is 0.119 e. The molecule has 2 aromatic carbocycles. The van der Waals surface area contributed by atoms with E-state index in [1.165, 1.54) is 5.56 Å². The van der Waals surface area contributed by atoms with Crippen molar-refractivity contribution in [3.05, 3.63) is 60.2 Å². The summed E-state index contributed by atoms with van der Waals surface area (Å²) in [7, 11) is 1.68. The summed E-state index contributed by atoms with van der Waals surface area (Å²) in [6.07, 6.45) is 2.01. The van der Waals surface area contributed by atoms with Crippen molar-refractivity contribution in [1.29, 1.82) is 0 Å². The van der Waals surface area contributed by atoms with Crippen LogP contribution in [0.4, 0.5) is 0 Å². The van der Waals surface area contributed by atoms with Gasteiger partial charge in [0.25, 0.3) is 0 Å². The lowest BCUT2D eigenvalue weighted by Crippen LogP contribution is -2.13. The fourth-order valence-electron chi connectivity index (χ4n) is 2.33. The van der Waals surface area contributed by atoms with E-state index in [9.17, 15) is 0 Å². The van der Waals surface area contributed by atoms with Crippen LogP contribution in [0.3, 0.4) is 0 Å². The molecule has 0 aliphatic rings. The second kappa shape index (κ2) is 8.32. The molecule has 0 aliphatic carbocycles. The third-order valence-electron chi connectivity index (χ3n) is 3.58. The fraction of sp³-hybridized carbons (Fsp3) is 0.333. The Hall–Kier alpha value is -2.00. The van der Waals surface area contributed by atoms with E-state index in [2.05, 4.69) is 12.1 Å². The lowest BCUT2D eigenvalue weighted by Gasteiger charge is -2.16. The molecule has 3 heteroatoms. The van der Waals surface area contributed by atoms with Gasteiger partial charge in [-0.2, -0.15) is 0 Å². The average Bonchev–Trinajstić information content (AvgIpc) is 2.56. The van der Waals surface area contributed by atoms with Crippen LogP contribution in [0.1, 0.15) is 24.3 Å². The smallest absolute Gasteiger partial charge is 0.119 e. The van der Waals surface area contributed by atoms with Crippen LogP contribution in [0.5, 0.6) is 11.5 Å². The van der Waals surface area contributed by atoms with Crippen molar-refractivity contribution in [1.82, 2.24) is 0 Å². The Bertz CT molecular complexity index is 511. The van der Waals surface area contributed by atoms with Crippen molar-refractivity contribution in [3.63, 3.8) is 0 Å². The summed E-state index contributed by atoms with van der Waals surface area (Å²) < 4.78 is 10.9. The molecule has 3 nitrogen and oxygen atoms in total. The highest BCUT2D eigenvalue weighted by molar-refractivity contribution is 5.29. The van der Waals surface area contributed by atoms with Gasteiger partial charge in [-0.3, -0.25) is 0 Å². The van der Waals surface area contributed by atoms with E-state index in [-0.39, 0.29) is 0 Å². The quantitative estimate of drug-likeness (QED) is 0.754. The van der Waals surface area contributed by atoms with Gasteiger partial charge in [0.05, 0.1) is 13.7 Å². The summed E-state index contributed by atoms with van der Waals surface area (Å²) in [4.78, 5) is 0. The van der Waals surface area contributed by atoms with Gasteiger partial charge in [0.15, 0.2) is 0 Å². The van der Waals surface area contributed by atoms with Gasteiger partial charge in [-0.1, -0.05) is 30.3 Å². The van der Waals surface area contributed by atoms with Gasteiger partial charge in [-0.05, 0) is 55.1 Å². The van der Waals surface area contributed by atoms with Gasteiger partial charge < -0.3 is 15.2 Å². The summed E-state index contributed by atoms with van der Waals surface area (Å²) >= 11 is 0. The molecule has 0 radical (unpaired) electrons. The first kappa shape index (κ1) is 15.4. The largest absolute Gasteiger partial charge is 0.497 e. The van der Waals surface area contributed by atoms with E-state index in [1.807, 2.05) is 42.5 Å². The van der Waals surface area contributed by atoms with Crippen LogP contribution < -0.4 is 15.2 Å². The first-order valence-corrected chi connectivity index (χ1v) is 7.35. The van der Waals surface area contributed by atoms with Crippen LogP contribution in [-0.4, -0.2) is 20.3 Å². The van der Waals surface area contributed by atoms with Gasteiger partial charge in [0.2, 0.25) is 0 Å². The molecule has 2 rings (SSSR count). The van der Waals surface area contributed by atoms with Crippen LogP contribution in [0.2, 0.25) is 0 Å². The van der Waals surface area contributed by atoms with Gasteiger partial charge in [0, 0.05) is 0 Å². The number of hydrogen-bond acceptors (Lipinski definition) is 3. The molecule has 0 bridgehead atoms. The summed E-state index contributed by atoms with van der Waals surface area (Å²) in [5, 5.41) is 0. The Morgan fingerprint density at radius 2 is 1.67 bits per heavy atom. The van der Waals surface area contributed by atoms with Crippen LogP contribution in [0, 0.1) is 0 Å². The molecular formula is C18H23NO2. The van der Waals surface area contributed by atoms with Crippen LogP contribution in [0.25, 0.3) is 0 Å². The first-order valence-electron chi connectivity index (χ1n) is 7.35. The number of benzene rings is 2. The SMILES string of the molecule is COc1ccc(C(CN)CCCOc2ccccc2)cc1. The fourth-order valence-corrected chi connectivity index (χ4v) is 2.33. The number of hydrogen-bond donors (Lipinski definition) is 1. The Labute approximate surface area is 126 Å². The van der Waals surface area contributed by atoms with Crippen molar-refractivity contribution < 1.29 is 9.47 Å². The predicted octanol–water partition coefficient (Wildman–Crippen LogP) is 3.60. The number of ether oxygens (including phenoxy) is 2. The molecule has 2 aromatic rings. The highest BCUT2D eigenvalue weighted by Crippen LogP contribution is 2.23. The predicted molar refractivity (Wildman–Crippen MR) is 86.0 cm³/mol. The van der Waals surface area contributed by atoms with Crippen LogP contribution in [-0.2, 0) is 0 Å². The summed E-state index contributed by atoms with van der Waals surface area (Å²) in [5.74, 6) is 2.17. The minimum atomic E-state index is 0.371. The number of rotatable bonds is 8. The van der Waals surface area contributed by atoms with Gasteiger partial charge in [0.1, 0.15) is 11.5 Å². The number of nitrogens with two attached hydrogens (primary N) is 1. The third-order valence-corrected chi connectivity index (χ3v) is 3.58. The molecule has 0 aromatic heterocycles. The highest BCUT2D eigenvalue weighted by Gasteiger charge is 2.09. The molecule has 0 amide bonds. The minimum Gasteiger partial charge on any atom is -0.497 e. The molecule has 0 aliphatic heterocycles. The summed E-state index contributed by atoms with van der Waals surface area (Å²) in [6, 6.07) is 18.1. The van der Waals surface area contributed by atoms with E-state index >= 15 is 0 Å². The summed E-state index contributed by atoms with van der Waals surface area (Å²) in [6.45, 7) is 1.37. The lowest BCUT2D eigenvalue weighted by molar-refractivity contribution is 0.301. The molecule has 112 valence electrons. The Balaban J connectivity index is 1.79. The van der Waals surface area contributed by atoms with Crippen molar-refractivity contribution in [3.8, 4) is 11.5 Å².